The molecular weight excluding hydrogens is 194 g/mol. The van der Waals surface area contributed by atoms with Gasteiger partial charge in [0.25, 0.3) is 0 Å². The van der Waals surface area contributed by atoms with Gasteiger partial charge in [-0.2, -0.15) is 5.26 Å². The van der Waals surface area contributed by atoms with Gasteiger partial charge >= 0.3 is 0 Å². The van der Waals surface area contributed by atoms with Crippen molar-refractivity contribution >= 4 is 11.7 Å². The van der Waals surface area contributed by atoms with Gasteiger partial charge < -0.3 is 20.5 Å². The molecule has 1 aliphatic rings. The quantitative estimate of drug-likeness (QED) is 0.669. The fourth-order valence-corrected chi connectivity index (χ4v) is 1.67. The Morgan fingerprint density at radius 2 is 2.33 bits per heavy atom. The molecule has 1 saturated heterocycles. The monoisotopic (exact) mass is 207 g/mol. The molecule has 80 valence electrons. The Kier molecular flexibility index (Phi) is 2.74. The third-order valence-corrected chi connectivity index (χ3v) is 2.45. The maximum Gasteiger partial charge on any atom is 0.242 e. The molecule has 2 rings (SSSR count). The van der Waals surface area contributed by atoms with E-state index in [1.165, 1.54) is 0 Å². The van der Waals surface area contributed by atoms with Crippen molar-refractivity contribution in [2.24, 2.45) is 0 Å². The van der Waals surface area contributed by atoms with E-state index in [4.69, 9.17) is 15.5 Å². The van der Waals surface area contributed by atoms with Gasteiger partial charge in [-0.05, 0) is 13.0 Å². The Morgan fingerprint density at radius 3 is 3.13 bits per heavy atom. The summed E-state index contributed by atoms with van der Waals surface area (Å²) in [5.74, 6) is 0.670. The Morgan fingerprint density at radius 1 is 1.47 bits per heavy atom. The highest BCUT2D eigenvalue weighted by molar-refractivity contribution is 5.62. The SMILES string of the molecule is N#Cc1c(N2CCCNCC2)noc1N. The van der Waals surface area contributed by atoms with E-state index in [9.17, 15) is 0 Å². The molecule has 0 saturated carbocycles. The van der Waals surface area contributed by atoms with Crippen molar-refractivity contribution in [3.8, 4) is 6.07 Å². The van der Waals surface area contributed by atoms with Crippen LogP contribution in [-0.4, -0.2) is 31.3 Å². The van der Waals surface area contributed by atoms with Crippen LogP contribution in [0.25, 0.3) is 0 Å². The summed E-state index contributed by atoms with van der Waals surface area (Å²) in [6.07, 6.45) is 1.03. The van der Waals surface area contributed by atoms with Gasteiger partial charge in [-0.25, -0.2) is 0 Å². The number of nitrogen functional groups attached to an aromatic ring is 1. The molecule has 3 N–H and O–H groups in total. The predicted octanol–water partition coefficient (Wildman–Crippen LogP) is -0.0718. The van der Waals surface area contributed by atoms with Crippen molar-refractivity contribution < 1.29 is 4.52 Å². The van der Waals surface area contributed by atoms with Crippen LogP contribution in [0, 0.1) is 11.3 Å². The molecule has 6 heteroatoms. The zero-order chi connectivity index (χ0) is 10.7. The van der Waals surface area contributed by atoms with E-state index >= 15 is 0 Å². The average Bonchev–Trinajstić information content (AvgIpc) is 2.48. The lowest BCUT2D eigenvalue weighted by atomic mass is 10.3. The number of nitriles is 1. The lowest BCUT2D eigenvalue weighted by Crippen LogP contribution is -2.28. The topological polar surface area (TPSA) is 91.1 Å². The van der Waals surface area contributed by atoms with Crippen LogP contribution in [-0.2, 0) is 0 Å². The summed E-state index contributed by atoms with van der Waals surface area (Å²) < 4.78 is 4.82. The first kappa shape index (κ1) is 9.80. The van der Waals surface area contributed by atoms with Crippen molar-refractivity contribution in [3.63, 3.8) is 0 Å². The lowest BCUT2D eigenvalue weighted by molar-refractivity contribution is 0.435. The molecule has 2 heterocycles. The van der Waals surface area contributed by atoms with Gasteiger partial charge in [0.05, 0.1) is 0 Å². The molecule has 0 atom stereocenters. The van der Waals surface area contributed by atoms with Gasteiger partial charge in [-0.15, -0.1) is 0 Å². The number of nitrogens with two attached hydrogens (primary N) is 1. The molecule has 0 aromatic carbocycles. The van der Waals surface area contributed by atoms with Gasteiger partial charge in [0.2, 0.25) is 5.88 Å². The van der Waals surface area contributed by atoms with E-state index in [1.807, 2.05) is 11.0 Å². The number of nitrogens with zero attached hydrogens (tertiary/aromatic N) is 3. The molecular formula is C9H13N5O. The van der Waals surface area contributed by atoms with Crippen LogP contribution in [0.1, 0.15) is 12.0 Å². The second kappa shape index (κ2) is 4.19. The zero-order valence-electron chi connectivity index (χ0n) is 8.36. The van der Waals surface area contributed by atoms with Crippen molar-refractivity contribution in [1.82, 2.24) is 10.5 Å². The minimum absolute atomic E-state index is 0.102. The summed E-state index contributed by atoms with van der Waals surface area (Å²) >= 11 is 0. The van der Waals surface area contributed by atoms with Gasteiger partial charge in [-0.1, -0.05) is 5.16 Å². The summed E-state index contributed by atoms with van der Waals surface area (Å²) in [5, 5.41) is 16.0. The number of hydrogen-bond donors (Lipinski definition) is 2. The largest absolute Gasteiger partial charge is 0.366 e. The van der Waals surface area contributed by atoms with Gasteiger partial charge in [0.1, 0.15) is 6.07 Å². The van der Waals surface area contributed by atoms with E-state index < -0.39 is 0 Å². The Balaban J connectivity index is 2.24. The molecule has 1 aromatic heterocycles. The molecule has 0 unspecified atom stereocenters. The van der Waals surface area contributed by atoms with Crippen LogP contribution in [0.5, 0.6) is 0 Å². The highest BCUT2D eigenvalue weighted by atomic mass is 16.5. The normalized spacial score (nSPS) is 17.1. The second-order valence-corrected chi connectivity index (χ2v) is 3.45. The summed E-state index contributed by atoms with van der Waals surface area (Å²) in [7, 11) is 0. The van der Waals surface area contributed by atoms with E-state index in [0.717, 1.165) is 32.6 Å². The van der Waals surface area contributed by atoms with E-state index in [-0.39, 0.29) is 5.88 Å². The van der Waals surface area contributed by atoms with Crippen molar-refractivity contribution in [3.05, 3.63) is 5.56 Å². The van der Waals surface area contributed by atoms with E-state index in [0.29, 0.717) is 11.4 Å². The molecule has 0 bridgehead atoms. The van der Waals surface area contributed by atoms with Crippen LogP contribution >= 0.6 is 0 Å². The maximum atomic E-state index is 8.92. The van der Waals surface area contributed by atoms with Crippen molar-refractivity contribution in [1.29, 1.82) is 5.26 Å². The highest BCUT2D eigenvalue weighted by Crippen LogP contribution is 2.24. The third-order valence-electron chi connectivity index (χ3n) is 2.45. The molecule has 1 aliphatic heterocycles. The molecule has 0 spiro atoms. The fraction of sp³-hybridized carbons (Fsp3) is 0.556. The number of hydrogen-bond acceptors (Lipinski definition) is 6. The second-order valence-electron chi connectivity index (χ2n) is 3.45. The summed E-state index contributed by atoms with van der Waals surface area (Å²) in [6, 6.07) is 2.02. The predicted molar refractivity (Wildman–Crippen MR) is 55.3 cm³/mol. The molecule has 0 aliphatic carbocycles. The standard InChI is InChI=1S/C9H13N5O/c10-6-7-8(11)15-13-9(7)14-4-1-2-12-3-5-14/h12H,1-5,11H2. The van der Waals surface area contributed by atoms with Crippen LogP contribution in [0.3, 0.4) is 0 Å². The number of rotatable bonds is 1. The first-order valence-electron chi connectivity index (χ1n) is 4.94. The number of nitrogens with one attached hydrogen (secondary N) is 1. The number of aromatic nitrogens is 1. The average molecular weight is 207 g/mol. The van der Waals surface area contributed by atoms with E-state index in [1.54, 1.807) is 0 Å². The number of anilines is 2. The first-order valence-corrected chi connectivity index (χ1v) is 4.94. The van der Waals surface area contributed by atoms with Crippen molar-refractivity contribution in [2.45, 2.75) is 6.42 Å². The zero-order valence-corrected chi connectivity index (χ0v) is 8.36. The summed E-state index contributed by atoms with van der Waals surface area (Å²) in [5.41, 5.74) is 5.85. The van der Waals surface area contributed by atoms with Crippen LogP contribution in [0.4, 0.5) is 11.7 Å². The van der Waals surface area contributed by atoms with Gasteiger partial charge in [-0.3, -0.25) is 0 Å². The van der Waals surface area contributed by atoms with Crippen LogP contribution in [0.2, 0.25) is 0 Å². The summed E-state index contributed by atoms with van der Waals surface area (Å²) in [4.78, 5) is 2.03. The summed E-state index contributed by atoms with van der Waals surface area (Å²) in [6.45, 7) is 3.57. The molecule has 0 amide bonds. The third kappa shape index (κ3) is 1.87. The van der Waals surface area contributed by atoms with Crippen LogP contribution < -0.4 is 16.0 Å². The first-order chi connectivity index (χ1) is 7.33. The van der Waals surface area contributed by atoms with Gasteiger partial charge in [0.15, 0.2) is 11.4 Å². The molecule has 0 radical (unpaired) electrons. The highest BCUT2D eigenvalue weighted by Gasteiger charge is 2.20. The molecule has 1 aromatic rings. The van der Waals surface area contributed by atoms with E-state index in [2.05, 4.69) is 10.5 Å². The lowest BCUT2D eigenvalue weighted by Gasteiger charge is -2.18. The molecule has 6 nitrogen and oxygen atoms in total. The fourth-order valence-electron chi connectivity index (χ4n) is 1.67. The minimum Gasteiger partial charge on any atom is -0.366 e. The minimum atomic E-state index is 0.102. The molecule has 1 fully saturated rings. The van der Waals surface area contributed by atoms with Gasteiger partial charge in [0, 0.05) is 19.6 Å². The Labute approximate surface area is 87.6 Å². The Hall–Kier alpha value is -1.74. The van der Waals surface area contributed by atoms with Crippen molar-refractivity contribution in [2.75, 3.05) is 36.8 Å². The smallest absolute Gasteiger partial charge is 0.242 e. The Bertz CT molecular complexity index is 372. The maximum absolute atomic E-state index is 8.92. The molecule has 15 heavy (non-hydrogen) atoms. The van der Waals surface area contributed by atoms with Crippen LogP contribution in [0.15, 0.2) is 4.52 Å².